The first-order valence-corrected chi connectivity index (χ1v) is 7.18. The van der Waals surface area contributed by atoms with Crippen LogP contribution < -0.4 is 10.9 Å². The van der Waals surface area contributed by atoms with Crippen molar-refractivity contribution in [3.8, 4) is 0 Å². The fourth-order valence-electron chi connectivity index (χ4n) is 2.34. The quantitative estimate of drug-likeness (QED) is 0.774. The number of rotatable bonds is 4. The summed E-state index contributed by atoms with van der Waals surface area (Å²) in [5.41, 5.74) is 3.33. The molecule has 1 heterocycles. The van der Waals surface area contributed by atoms with Gasteiger partial charge in [0.2, 0.25) is 5.95 Å². The first-order valence-electron chi connectivity index (χ1n) is 7.18. The molecular formula is C18H17N3O. The average Bonchev–Trinajstić information content (AvgIpc) is 2.53. The number of nitrogens with one attached hydrogen (secondary N) is 2. The van der Waals surface area contributed by atoms with Gasteiger partial charge in [-0.3, -0.25) is 9.78 Å². The van der Waals surface area contributed by atoms with E-state index in [1.54, 1.807) is 0 Å². The average molecular weight is 291 g/mol. The molecule has 0 amide bonds. The van der Waals surface area contributed by atoms with Crippen molar-refractivity contribution >= 4 is 11.6 Å². The van der Waals surface area contributed by atoms with E-state index in [4.69, 9.17) is 0 Å². The van der Waals surface area contributed by atoms with Crippen LogP contribution in [0, 0.1) is 6.92 Å². The van der Waals surface area contributed by atoms with Gasteiger partial charge in [-0.25, -0.2) is 4.98 Å². The fraction of sp³-hybridized carbons (Fsp3) is 0.111. The Hall–Kier alpha value is -2.88. The molecule has 110 valence electrons. The third-order valence-electron chi connectivity index (χ3n) is 3.48. The number of aryl methyl sites for hydroxylation is 1. The van der Waals surface area contributed by atoms with E-state index in [0.717, 1.165) is 16.9 Å². The van der Waals surface area contributed by atoms with Gasteiger partial charge in [-0.15, -0.1) is 0 Å². The molecule has 0 fully saturated rings. The maximum atomic E-state index is 12.3. The number of H-pyrrole nitrogens is 1. The summed E-state index contributed by atoms with van der Waals surface area (Å²) in [6, 6.07) is 19.6. The van der Waals surface area contributed by atoms with Crippen molar-refractivity contribution in [2.45, 2.75) is 13.3 Å². The summed E-state index contributed by atoms with van der Waals surface area (Å²) in [6.07, 6.45) is 0.584. The predicted molar refractivity (Wildman–Crippen MR) is 88.6 cm³/mol. The molecule has 4 nitrogen and oxygen atoms in total. The lowest BCUT2D eigenvalue weighted by Gasteiger charge is -2.09. The van der Waals surface area contributed by atoms with Crippen molar-refractivity contribution in [3.63, 3.8) is 0 Å². The molecule has 4 heteroatoms. The molecule has 0 bridgehead atoms. The van der Waals surface area contributed by atoms with Crippen LogP contribution in [0.2, 0.25) is 0 Å². The zero-order valence-electron chi connectivity index (χ0n) is 12.3. The molecule has 0 spiro atoms. The maximum absolute atomic E-state index is 12.3. The predicted octanol–water partition coefficient (Wildman–Crippen LogP) is 3.41. The Balaban J connectivity index is 1.87. The summed E-state index contributed by atoms with van der Waals surface area (Å²) < 4.78 is 0. The van der Waals surface area contributed by atoms with Crippen molar-refractivity contribution in [2.24, 2.45) is 0 Å². The normalized spacial score (nSPS) is 10.4. The number of anilines is 2. The second kappa shape index (κ2) is 6.26. The summed E-state index contributed by atoms with van der Waals surface area (Å²) in [4.78, 5) is 19.6. The number of benzene rings is 2. The van der Waals surface area contributed by atoms with E-state index < -0.39 is 0 Å². The molecule has 0 aliphatic heterocycles. The summed E-state index contributed by atoms with van der Waals surface area (Å²) in [7, 11) is 0. The first-order chi connectivity index (χ1) is 10.7. The highest BCUT2D eigenvalue weighted by atomic mass is 16.1. The monoisotopic (exact) mass is 291 g/mol. The van der Waals surface area contributed by atoms with Crippen LogP contribution in [0.1, 0.15) is 16.8 Å². The molecule has 0 aliphatic carbocycles. The largest absolute Gasteiger partial charge is 0.326 e. The van der Waals surface area contributed by atoms with Crippen LogP contribution in [0.25, 0.3) is 0 Å². The fourth-order valence-corrected chi connectivity index (χ4v) is 2.34. The number of aromatic nitrogens is 2. The highest BCUT2D eigenvalue weighted by molar-refractivity contribution is 5.52. The Morgan fingerprint density at radius 2 is 1.64 bits per heavy atom. The number of hydrogen-bond donors (Lipinski definition) is 2. The van der Waals surface area contributed by atoms with Gasteiger partial charge in [0.05, 0.1) is 5.69 Å². The molecule has 0 saturated carbocycles. The highest BCUT2D eigenvalue weighted by Crippen LogP contribution is 2.13. The molecule has 0 radical (unpaired) electrons. The van der Waals surface area contributed by atoms with Gasteiger partial charge in [0.25, 0.3) is 5.56 Å². The van der Waals surface area contributed by atoms with E-state index in [0.29, 0.717) is 17.9 Å². The summed E-state index contributed by atoms with van der Waals surface area (Å²) >= 11 is 0. The van der Waals surface area contributed by atoms with E-state index >= 15 is 0 Å². The van der Waals surface area contributed by atoms with E-state index in [9.17, 15) is 4.79 Å². The number of hydrogen-bond acceptors (Lipinski definition) is 3. The van der Waals surface area contributed by atoms with Gasteiger partial charge < -0.3 is 5.32 Å². The molecule has 22 heavy (non-hydrogen) atoms. The molecule has 0 saturated heterocycles. The van der Waals surface area contributed by atoms with Crippen molar-refractivity contribution in [1.29, 1.82) is 0 Å². The lowest BCUT2D eigenvalue weighted by molar-refractivity contribution is 0.986. The molecule has 0 unspecified atom stereocenters. The van der Waals surface area contributed by atoms with E-state index in [1.165, 1.54) is 0 Å². The zero-order valence-corrected chi connectivity index (χ0v) is 12.3. The lowest BCUT2D eigenvalue weighted by atomic mass is 10.1. The Labute approximate surface area is 128 Å². The van der Waals surface area contributed by atoms with Crippen molar-refractivity contribution < 1.29 is 0 Å². The molecule has 3 aromatic rings. The minimum Gasteiger partial charge on any atom is -0.326 e. The van der Waals surface area contributed by atoms with Crippen LogP contribution in [-0.4, -0.2) is 9.97 Å². The van der Waals surface area contributed by atoms with Crippen molar-refractivity contribution in [2.75, 3.05) is 5.32 Å². The Morgan fingerprint density at radius 1 is 1.00 bits per heavy atom. The van der Waals surface area contributed by atoms with Gasteiger partial charge in [0.1, 0.15) is 0 Å². The number of nitrogens with zero attached hydrogens (tertiary/aromatic N) is 1. The van der Waals surface area contributed by atoms with Crippen LogP contribution in [0.15, 0.2) is 65.5 Å². The van der Waals surface area contributed by atoms with Crippen molar-refractivity contribution in [3.05, 3.63) is 87.8 Å². The summed E-state index contributed by atoms with van der Waals surface area (Å²) in [6.45, 7) is 1.86. The third kappa shape index (κ3) is 3.23. The molecule has 1 aromatic heterocycles. The second-order valence-corrected chi connectivity index (χ2v) is 5.13. The lowest BCUT2D eigenvalue weighted by Crippen LogP contribution is -2.18. The molecule has 0 aliphatic rings. The van der Waals surface area contributed by atoms with Crippen LogP contribution in [-0.2, 0) is 6.42 Å². The Morgan fingerprint density at radius 3 is 2.27 bits per heavy atom. The van der Waals surface area contributed by atoms with E-state index in [2.05, 4.69) is 15.3 Å². The van der Waals surface area contributed by atoms with Gasteiger partial charge >= 0.3 is 0 Å². The van der Waals surface area contributed by atoms with Gasteiger partial charge in [0, 0.05) is 17.7 Å². The molecule has 2 N–H and O–H groups in total. The Kier molecular flexibility index (Phi) is 4.01. The molecular weight excluding hydrogens is 274 g/mol. The number of para-hydroxylation sites is 1. The molecule has 2 aromatic carbocycles. The smallest absolute Gasteiger partial charge is 0.256 e. The van der Waals surface area contributed by atoms with E-state index in [1.807, 2.05) is 67.6 Å². The van der Waals surface area contributed by atoms with Crippen LogP contribution in [0.5, 0.6) is 0 Å². The second-order valence-electron chi connectivity index (χ2n) is 5.13. The summed E-state index contributed by atoms with van der Waals surface area (Å²) in [5.74, 6) is 0.463. The molecule has 0 atom stereocenters. The van der Waals surface area contributed by atoms with Gasteiger partial charge in [-0.2, -0.15) is 0 Å². The highest BCUT2D eigenvalue weighted by Gasteiger charge is 2.09. The number of aromatic amines is 1. The maximum Gasteiger partial charge on any atom is 0.256 e. The topological polar surface area (TPSA) is 57.8 Å². The minimum absolute atomic E-state index is 0.102. The van der Waals surface area contributed by atoms with Gasteiger partial charge in [0.15, 0.2) is 0 Å². The van der Waals surface area contributed by atoms with Crippen LogP contribution >= 0.6 is 0 Å². The van der Waals surface area contributed by atoms with Crippen molar-refractivity contribution in [1.82, 2.24) is 9.97 Å². The standard InChI is InChI=1S/C18H17N3O/c1-13-16(12-14-8-4-2-5-9-14)17(22)21-18(19-13)20-15-10-6-3-7-11-15/h2-11H,12H2,1H3,(H2,19,20,21,22). The molecule has 3 rings (SSSR count). The SMILES string of the molecule is Cc1nc(Nc2ccccc2)[nH]c(=O)c1Cc1ccccc1. The van der Waals surface area contributed by atoms with Crippen LogP contribution in [0.4, 0.5) is 11.6 Å². The van der Waals surface area contributed by atoms with Gasteiger partial charge in [-0.1, -0.05) is 48.5 Å². The Bertz CT molecular complexity index is 811. The first kappa shape index (κ1) is 14.1. The van der Waals surface area contributed by atoms with Crippen LogP contribution in [0.3, 0.4) is 0 Å². The minimum atomic E-state index is -0.102. The zero-order chi connectivity index (χ0) is 15.4. The third-order valence-corrected chi connectivity index (χ3v) is 3.48. The van der Waals surface area contributed by atoms with Gasteiger partial charge in [-0.05, 0) is 24.6 Å². The van der Waals surface area contributed by atoms with E-state index in [-0.39, 0.29) is 5.56 Å². The summed E-state index contributed by atoms with van der Waals surface area (Å²) in [5, 5.41) is 3.11.